The van der Waals surface area contributed by atoms with Crippen LogP contribution in [-0.2, 0) is 6.54 Å². The van der Waals surface area contributed by atoms with Gasteiger partial charge in [0.15, 0.2) is 0 Å². The summed E-state index contributed by atoms with van der Waals surface area (Å²) in [5.74, 6) is 0.981. The van der Waals surface area contributed by atoms with Gasteiger partial charge in [0, 0.05) is 30.9 Å². The first-order valence-corrected chi connectivity index (χ1v) is 6.89. The molecular weight excluding hydrogens is 248 g/mol. The third-order valence-corrected chi connectivity index (χ3v) is 3.36. The first kappa shape index (κ1) is 12.7. The molecule has 102 valence electrons. The van der Waals surface area contributed by atoms with Crippen molar-refractivity contribution < 1.29 is 0 Å². The Kier molecular flexibility index (Phi) is 3.63. The Morgan fingerprint density at radius 1 is 1.25 bits per heavy atom. The number of para-hydroxylation sites is 1. The number of anilines is 1. The molecule has 4 nitrogen and oxygen atoms in total. The molecule has 0 radical (unpaired) electrons. The molecule has 3 rings (SSSR count). The highest BCUT2D eigenvalue weighted by Crippen LogP contribution is 2.19. The minimum Gasteiger partial charge on any atom is -0.370 e. The van der Waals surface area contributed by atoms with Crippen LogP contribution in [0.4, 0.5) is 5.82 Å². The molecule has 1 aromatic carbocycles. The normalized spacial score (nSPS) is 10.8. The molecule has 0 saturated heterocycles. The first-order valence-electron chi connectivity index (χ1n) is 6.89. The maximum atomic E-state index is 4.68. The largest absolute Gasteiger partial charge is 0.370 e. The summed E-state index contributed by atoms with van der Waals surface area (Å²) < 4.78 is 2.09. The van der Waals surface area contributed by atoms with Crippen molar-refractivity contribution >= 4 is 16.7 Å². The van der Waals surface area contributed by atoms with Crippen molar-refractivity contribution in [2.24, 2.45) is 0 Å². The van der Waals surface area contributed by atoms with Gasteiger partial charge in [-0.2, -0.15) is 0 Å². The topological polar surface area (TPSA) is 42.7 Å². The molecule has 0 aliphatic heterocycles. The lowest BCUT2D eigenvalue weighted by Gasteiger charge is -2.10. The van der Waals surface area contributed by atoms with E-state index in [-0.39, 0.29) is 0 Å². The molecule has 2 heterocycles. The lowest BCUT2D eigenvalue weighted by Crippen LogP contribution is -2.08. The number of aryl methyl sites for hydroxylation is 2. The van der Waals surface area contributed by atoms with E-state index in [0.717, 1.165) is 30.8 Å². The molecule has 0 aliphatic carbocycles. The van der Waals surface area contributed by atoms with E-state index in [2.05, 4.69) is 38.9 Å². The molecule has 3 aromatic rings. The molecule has 4 heteroatoms. The summed E-state index contributed by atoms with van der Waals surface area (Å²) in [7, 11) is 0. The second-order valence-electron chi connectivity index (χ2n) is 4.93. The van der Waals surface area contributed by atoms with Gasteiger partial charge in [-0.15, -0.1) is 0 Å². The molecule has 0 bridgehead atoms. The Bertz CT molecular complexity index is 689. The average Bonchev–Trinajstić information content (AvgIpc) is 2.97. The fourth-order valence-electron chi connectivity index (χ4n) is 2.29. The standard InChI is InChI=1S/C16H18N4/c1-13-11-14-5-2-3-6-15(14)19-16(13)18-7-4-9-20-10-8-17-12-20/h2-3,5-6,8,10-12H,4,7,9H2,1H3,(H,18,19). The summed E-state index contributed by atoms with van der Waals surface area (Å²) in [6.07, 6.45) is 6.69. The predicted octanol–water partition coefficient (Wildman–Crippen LogP) is 3.24. The van der Waals surface area contributed by atoms with Crippen LogP contribution in [0.15, 0.2) is 49.1 Å². The average molecular weight is 266 g/mol. The lowest BCUT2D eigenvalue weighted by atomic mass is 10.1. The number of fused-ring (bicyclic) bond motifs is 1. The van der Waals surface area contributed by atoms with Gasteiger partial charge in [0.05, 0.1) is 11.8 Å². The Balaban J connectivity index is 1.63. The number of hydrogen-bond donors (Lipinski definition) is 1. The number of benzene rings is 1. The first-order chi connectivity index (χ1) is 9.83. The molecular formula is C16H18N4. The van der Waals surface area contributed by atoms with E-state index in [1.54, 1.807) is 0 Å². The number of nitrogens with zero attached hydrogens (tertiary/aromatic N) is 3. The number of rotatable bonds is 5. The van der Waals surface area contributed by atoms with Gasteiger partial charge < -0.3 is 9.88 Å². The third-order valence-electron chi connectivity index (χ3n) is 3.36. The van der Waals surface area contributed by atoms with E-state index in [9.17, 15) is 0 Å². The summed E-state index contributed by atoms with van der Waals surface area (Å²) in [5, 5.41) is 4.61. The van der Waals surface area contributed by atoms with Gasteiger partial charge in [0.2, 0.25) is 0 Å². The van der Waals surface area contributed by atoms with Crippen LogP contribution in [-0.4, -0.2) is 21.1 Å². The van der Waals surface area contributed by atoms with Crippen molar-refractivity contribution in [2.75, 3.05) is 11.9 Å². The molecule has 1 N–H and O–H groups in total. The summed E-state index contributed by atoms with van der Waals surface area (Å²) in [5.41, 5.74) is 2.22. The van der Waals surface area contributed by atoms with Gasteiger partial charge in [0.25, 0.3) is 0 Å². The summed E-state index contributed by atoms with van der Waals surface area (Å²) in [6, 6.07) is 10.4. The highest BCUT2D eigenvalue weighted by Gasteiger charge is 2.02. The summed E-state index contributed by atoms with van der Waals surface area (Å²) in [4.78, 5) is 8.72. The Hall–Kier alpha value is -2.36. The molecule has 0 spiro atoms. The number of hydrogen-bond acceptors (Lipinski definition) is 3. The maximum Gasteiger partial charge on any atom is 0.129 e. The number of nitrogens with one attached hydrogen (secondary N) is 1. The molecule has 0 fully saturated rings. The maximum absolute atomic E-state index is 4.68. The van der Waals surface area contributed by atoms with Crippen molar-refractivity contribution in [2.45, 2.75) is 19.9 Å². The molecule has 0 aliphatic rings. The van der Waals surface area contributed by atoms with Gasteiger partial charge in [0.1, 0.15) is 5.82 Å². The second-order valence-corrected chi connectivity index (χ2v) is 4.93. The Morgan fingerprint density at radius 2 is 2.15 bits per heavy atom. The molecule has 0 atom stereocenters. The van der Waals surface area contributed by atoms with Crippen molar-refractivity contribution in [3.63, 3.8) is 0 Å². The zero-order valence-electron chi connectivity index (χ0n) is 11.6. The van der Waals surface area contributed by atoms with Crippen LogP contribution in [0.25, 0.3) is 10.9 Å². The van der Waals surface area contributed by atoms with Gasteiger partial charge in [-0.05, 0) is 31.0 Å². The van der Waals surface area contributed by atoms with Crippen LogP contribution in [0.5, 0.6) is 0 Å². The van der Waals surface area contributed by atoms with Gasteiger partial charge in [-0.1, -0.05) is 18.2 Å². The molecule has 0 amide bonds. The zero-order valence-corrected chi connectivity index (χ0v) is 11.6. The van der Waals surface area contributed by atoms with Crippen LogP contribution >= 0.6 is 0 Å². The Morgan fingerprint density at radius 3 is 3.00 bits per heavy atom. The summed E-state index contributed by atoms with van der Waals surface area (Å²) in [6.45, 7) is 3.97. The van der Waals surface area contributed by atoms with E-state index < -0.39 is 0 Å². The predicted molar refractivity (Wildman–Crippen MR) is 81.8 cm³/mol. The van der Waals surface area contributed by atoms with Gasteiger partial charge in [-0.3, -0.25) is 0 Å². The Labute approximate surface area is 118 Å². The minimum absolute atomic E-state index is 0.907. The molecule has 0 unspecified atom stereocenters. The van der Waals surface area contributed by atoms with Crippen LogP contribution in [0.3, 0.4) is 0 Å². The van der Waals surface area contributed by atoms with Crippen LogP contribution in [0, 0.1) is 6.92 Å². The van der Waals surface area contributed by atoms with Gasteiger partial charge >= 0.3 is 0 Å². The smallest absolute Gasteiger partial charge is 0.129 e. The molecule has 0 saturated carbocycles. The SMILES string of the molecule is Cc1cc2ccccc2nc1NCCCn1ccnc1. The number of pyridine rings is 1. The fourth-order valence-corrected chi connectivity index (χ4v) is 2.29. The van der Waals surface area contributed by atoms with Crippen LogP contribution in [0.1, 0.15) is 12.0 Å². The highest BCUT2D eigenvalue weighted by molar-refractivity contribution is 5.81. The van der Waals surface area contributed by atoms with E-state index >= 15 is 0 Å². The van der Waals surface area contributed by atoms with Crippen molar-refractivity contribution in [1.29, 1.82) is 0 Å². The third kappa shape index (κ3) is 2.79. The van der Waals surface area contributed by atoms with E-state index in [0.29, 0.717) is 0 Å². The van der Waals surface area contributed by atoms with Crippen LogP contribution in [0.2, 0.25) is 0 Å². The molecule has 2 aromatic heterocycles. The monoisotopic (exact) mass is 266 g/mol. The fraction of sp³-hybridized carbons (Fsp3) is 0.250. The van der Waals surface area contributed by atoms with Gasteiger partial charge in [-0.25, -0.2) is 9.97 Å². The van der Waals surface area contributed by atoms with E-state index in [4.69, 9.17) is 0 Å². The minimum atomic E-state index is 0.907. The summed E-state index contributed by atoms with van der Waals surface area (Å²) >= 11 is 0. The lowest BCUT2D eigenvalue weighted by molar-refractivity contribution is 0.660. The quantitative estimate of drug-likeness (QED) is 0.721. The van der Waals surface area contributed by atoms with Crippen molar-refractivity contribution in [3.8, 4) is 0 Å². The zero-order chi connectivity index (χ0) is 13.8. The number of aromatic nitrogens is 3. The van der Waals surface area contributed by atoms with Crippen LogP contribution < -0.4 is 5.32 Å². The van der Waals surface area contributed by atoms with Crippen molar-refractivity contribution in [3.05, 3.63) is 54.6 Å². The second kappa shape index (κ2) is 5.74. The van der Waals surface area contributed by atoms with E-state index in [1.807, 2.05) is 36.9 Å². The highest BCUT2D eigenvalue weighted by atomic mass is 15.0. The van der Waals surface area contributed by atoms with E-state index in [1.165, 1.54) is 10.9 Å². The molecule has 20 heavy (non-hydrogen) atoms. The van der Waals surface area contributed by atoms with Crippen molar-refractivity contribution in [1.82, 2.24) is 14.5 Å². The number of imidazole rings is 1.